The molecule has 2 bridgehead atoms. The molecule has 4 atom stereocenters. The van der Waals surface area contributed by atoms with E-state index < -0.39 is 0 Å². The predicted octanol–water partition coefficient (Wildman–Crippen LogP) is 2.68. The first-order valence-corrected chi connectivity index (χ1v) is 7.88. The molecule has 0 aromatic carbocycles. The summed E-state index contributed by atoms with van der Waals surface area (Å²) in [4.78, 5) is 14.3. The van der Waals surface area contributed by atoms with E-state index in [-0.39, 0.29) is 4.83 Å². The number of hydrogen-bond donors (Lipinski definition) is 0. The summed E-state index contributed by atoms with van der Waals surface area (Å²) in [5.74, 6) is 2.73. The van der Waals surface area contributed by atoms with Crippen LogP contribution >= 0.6 is 15.9 Å². The topological polar surface area (TPSA) is 29.5 Å². The van der Waals surface area contributed by atoms with Crippen molar-refractivity contribution in [2.75, 3.05) is 27.3 Å². The van der Waals surface area contributed by atoms with Gasteiger partial charge in [0.25, 0.3) is 0 Å². The lowest BCUT2D eigenvalue weighted by Crippen LogP contribution is -2.35. The Morgan fingerprint density at radius 2 is 2.22 bits per heavy atom. The number of hydrogen-bond acceptors (Lipinski definition) is 2. The van der Waals surface area contributed by atoms with Crippen LogP contribution in [0.15, 0.2) is 0 Å². The molecule has 0 aliphatic heterocycles. The minimum absolute atomic E-state index is 0.233. The lowest BCUT2D eigenvalue weighted by Gasteiger charge is -2.25. The van der Waals surface area contributed by atoms with Crippen LogP contribution < -0.4 is 0 Å². The van der Waals surface area contributed by atoms with Crippen molar-refractivity contribution in [3.8, 4) is 0 Å². The minimum Gasteiger partial charge on any atom is -0.383 e. The maximum atomic E-state index is 12.2. The fourth-order valence-electron chi connectivity index (χ4n) is 3.64. The van der Waals surface area contributed by atoms with Gasteiger partial charge in [-0.3, -0.25) is 4.79 Å². The maximum Gasteiger partial charge on any atom is 0.222 e. The normalized spacial score (nSPS) is 31.6. The van der Waals surface area contributed by atoms with Gasteiger partial charge in [0.2, 0.25) is 5.91 Å². The first-order chi connectivity index (χ1) is 8.60. The number of fused-ring (bicyclic) bond motifs is 2. The summed E-state index contributed by atoms with van der Waals surface area (Å²) in [6, 6.07) is 0. The fourth-order valence-corrected chi connectivity index (χ4v) is 4.34. The first kappa shape index (κ1) is 14.3. The maximum absolute atomic E-state index is 12.2. The molecule has 18 heavy (non-hydrogen) atoms. The van der Waals surface area contributed by atoms with E-state index in [0.29, 0.717) is 18.4 Å². The molecule has 0 aromatic rings. The third kappa shape index (κ3) is 3.47. The molecule has 0 aromatic heterocycles. The van der Waals surface area contributed by atoms with E-state index in [9.17, 15) is 4.79 Å². The highest BCUT2D eigenvalue weighted by molar-refractivity contribution is 9.09. The lowest BCUT2D eigenvalue weighted by atomic mass is 9.86. The number of amides is 1. The Hall–Kier alpha value is -0.0900. The van der Waals surface area contributed by atoms with Crippen molar-refractivity contribution in [2.45, 2.75) is 36.9 Å². The number of nitrogens with zero attached hydrogens (tertiary/aromatic N) is 1. The van der Waals surface area contributed by atoms with Gasteiger partial charge in [-0.1, -0.05) is 22.4 Å². The molecule has 4 unspecified atom stereocenters. The largest absolute Gasteiger partial charge is 0.383 e. The molecule has 2 rings (SSSR count). The van der Waals surface area contributed by atoms with Gasteiger partial charge >= 0.3 is 0 Å². The smallest absolute Gasteiger partial charge is 0.222 e. The highest BCUT2D eigenvalue weighted by Gasteiger charge is 2.40. The number of rotatable bonds is 6. The van der Waals surface area contributed by atoms with Crippen molar-refractivity contribution >= 4 is 21.8 Å². The lowest BCUT2D eigenvalue weighted by molar-refractivity contribution is -0.131. The summed E-state index contributed by atoms with van der Waals surface area (Å²) < 4.78 is 5.07. The second-order valence-electron chi connectivity index (χ2n) is 5.97. The van der Waals surface area contributed by atoms with Crippen LogP contribution in [0, 0.1) is 17.8 Å². The molecule has 0 heterocycles. The molecule has 3 nitrogen and oxygen atoms in total. The van der Waals surface area contributed by atoms with Gasteiger partial charge in [0.1, 0.15) is 0 Å². The van der Waals surface area contributed by atoms with Gasteiger partial charge in [-0.15, -0.1) is 0 Å². The Bertz CT molecular complexity index is 298. The van der Waals surface area contributed by atoms with Gasteiger partial charge < -0.3 is 9.64 Å². The molecule has 1 amide bonds. The molecule has 0 saturated heterocycles. The van der Waals surface area contributed by atoms with Gasteiger partial charge in [0.05, 0.1) is 11.4 Å². The standard InChI is InChI=1S/C14H24BrNO2/c1-16(8-13(15)9-18-2)14(17)7-12-6-10-3-4-11(12)5-10/h10-13H,3-9H2,1-2H3. The van der Waals surface area contributed by atoms with Gasteiger partial charge in [-0.2, -0.15) is 0 Å². The van der Waals surface area contributed by atoms with E-state index in [1.807, 2.05) is 11.9 Å². The second kappa shape index (κ2) is 6.38. The monoisotopic (exact) mass is 317 g/mol. The quantitative estimate of drug-likeness (QED) is 0.705. The van der Waals surface area contributed by atoms with Crippen LogP contribution in [0.3, 0.4) is 0 Å². The summed E-state index contributed by atoms with van der Waals surface area (Å²) in [5, 5.41) is 0. The molecule has 2 saturated carbocycles. The number of methoxy groups -OCH3 is 1. The van der Waals surface area contributed by atoms with Crippen LogP contribution in [0.4, 0.5) is 0 Å². The van der Waals surface area contributed by atoms with Crippen LogP contribution in [0.5, 0.6) is 0 Å². The molecule has 0 spiro atoms. The molecule has 2 aliphatic rings. The summed E-state index contributed by atoms with van der Waals surface area (Å²) in [6.45, 7) is 1.37. The van der Waals surface area contributed by atoms with Crippen LogP contribution in [0.2, 0.25) is 0 Å². The Labute approximate surface area is 118 Å². The molecule has 2 aliphatic carbocycles. The summed E-state index contributed by atoms with van der Waals surface area (Å²) >= 11 is 3.53. The van der Waals surface area contributed by atoms with Crippen molar-refractivity contribution in [3.05, 3.63) is 0 Å². The number of ether oxygens (including phenoxy) is 1. The average molecular weight is 318 g/mol. The summed E-state index contributed by atoms with van der Waals surface area (Å²) in [6.07, 6.45) is 6.19. The molecule has 4 heteroatoms. The van der Waals surface area contributed by atoms with Crippen molar-refractivity contribution in [1.82, 2.24) is 4.90 Å². The average Bonchev–Trinajstić information content (AvgIpc) is 2.90. The number of halogens is 1. The number of carbonyl (C=O) groups is 1. The van der Waals surface area contributed by atoms with Crippen molar-refractivity contribution in [3.63, 3.8) is 0 Å². The van der Waals surface area contributed by atoms with E-state index in [1.165, 1.54) is 25.7 Å². The predicted molar refractivity (Wildman–Crippen MR) is 75.8 cm³/mol. The molecule has 0 N–H and O–H groups in total. The highest BCUT2D eigenvalue weighted by atomic mass is 79.9. The van der Waals surface area contributed by atoms with Crippen LogP contribution in [0.1, 0.15) is 32.1 Å². The summed E-state index contributed by atoms with van der Waals surface area (Å²) in [5.41, 5.74) is 0. The van der Waals surface area contributed by atoms with Crippen molar-refractivity contribution < 1.29 is 9.53 Å². The fraction of sp³-hybridized carbons (Fsp3) is 0.929. The molecular formula is C14H24BrNO2. The van der Waals surface area contributed by atoms with E-state index >= 15 is 0 Å². The van der Waals surface area contributed by atoms with E-state index in [2.05, 4.69) is 15.9 Å². The zero-order valence-corrected chi connectivity index (χ0v) is 13.0. The molecule has 0 radical (unpaired) electrons. The van der Waals surface area contributed by atoms with Crippen molar-refractivity contribution in [2.24, 2.45) is 17.8 Å². The number of alkyl halides is 1. The zero-order valence-electron chi connectivity index (χ0n) is 11.4. The van der Waals surface area contributed by atoms with Crippen LogP contribution in [0.25, 0.3) is 0 Å². The second-order valence-corrected chi connectivity index (χ2v) is 7.26. The first-order valence-electron chi connectivity index (χ1n) is 6.97. The van der Waals surface area contributed by atoms with Gasteiger partial charge in [-0.05, 0) is 37.0 Å². The summed E-state index contributed by atoms with van der Waals surface area (Å²) in [7, 11) is 3.59. The van der Waals surface area contributed by atoms with Crippen LogP contribution in [-0.4, -0.2) is 42.9 Å². The number of carbonyl (C=O) groups excluding carboxylic acids is 1. The Balaban J connectivity index is 1.74. The third-order valence-electron chi connectivity index (χ3n) is 4.57. The Morgan fingerprint density at radius 1 is 1.44 bits per heavy atom. The Kier molecular flexibility index (Phi) is 5.07. The van der Waals surface area contributed by atoms with Gasteiger partial charge in [0.15, 0.2) is 0 Å². The van der Waals surface area contributed by atoms with Gasteiger partial charge in [0, 0.05) is 27.1 Å². The van der Waals surface area contributed by atoms with E-state index in [0.717, 1.165) is 24.8 Å². The van der Waals surface area contributed by atoms with Crippen molar-refractivity contribution in [1.29, 1.82) is 0 Å². The zero-order chi connectivity index (χ0) is 13.1. The highest BCUT2D eigenvalue weighted by Crippen LogP contribution is 2.49. The molecule has 104 valence electrons. The molecule has 2 fully saturated rings. The Morgan fingerprint density at radius 3 is 2.78 bits per heavy atom. The SMILES string of the molecule is COCC(Br)CN(C)C(=O)CC1CC2CCC1C2. The van der Waals surface area contributed by atoms with E-state index in [4.69, 9.17) is 4.74 Å². The third-order valence-corrected chi connectivity index (χ3v) is 5.12. The minimum atomic E-state index is 0.233. The van der Waals surface area contributed by atoms with Gasteiger partial charge in [-0.25, -0.2) is 0 Å². The molecular weight excluding hydrogens is 294 g/mol. The van der Waals surface area contributed by atoms with E-state index in [1.54, 1.807) is 7.11 Å². The van der Waals surface area contributed by atoms with Crippen LogP contribution in [-0.2, 0) is 9.53 Å².